The zero-order valence-electron chi connectivity index (χ0n) is 13.8. The first-order valence-corrected chi connectivity index (χ1v) is 7.84. The van der Waals surface area contributed by atoms with E-state index in [2.05, 4.69) is 58.4 Å². The van der Waals surface area contributed by atoms with E-state index < -0.39 is 0 Å². The van der Waals surface area contributed by atoms with Crippen LogP contribution in [0.3, 0.4) is 0 Å². The maximum Gasteiger partial charge on any atom is 0.211 e. The Balaban J connectivity index is 1.55. The first-order chi connectivity index (χ1) is 11.0. The summed E-state index contributed by atoms with van der Waals surface area (Å²) < 4.78 is 11.6. The van der Waals surface area contributed by atoms with Gasteiger partial charge in [0.2, 0.25) is 5.82 Å². The Morgan fingerprint density at radius 3 is 2.78 bits per heavy atom. The summed E-state index contributed by atoms with van der Waals surface area (Å²) in [6.45, 7) is 9.54. The van der Waals surface area contributed by atoms with Crippen LogP contribution in [0.15, 0.2) is 24.3 Å². The van der Waals surface area contributed by atoms with Crippen LogP contribution in [-0.2, 0) is 17.9 Å². The number of nitrogens with one attached hydrogen (secondary N) is 1. The molecule has 7 nitrogen and oxygen atoms in total. The van der Waals surface area contributed by atoms with Crippen LogP contribution in [0, 0.1) is 0 Å². The average molecular weight is 317 g/mol. The van der Waals surface area contributed by atoms with E-state index in [-0.39, 0.29) is 11.7 Å². The highest BCUT2D eigenvalue weighted by Crippen LogP contribution is 2.23. The molecule has 0 bridgehead atoms. The molecule has 3 rings (SSSR count). The van der Waals surface area contributed by atoms with Crippen LogP contribution in [0.1, 0.15) is 32.2 Å². The largest absolute Gasteiger partial charge is 0.485 e. The van der Waals surface area contributed by atoms with Gasteiger partial charge in [-0.15, -0.1) is 10.2 Å². The summed E-state index contributed by atoms with van der Waals surface area (Å²) in [5, 5.41) is 13.6. The molecule has 1 fully saturated rings. The summed E-state index contributed by atoms with van der Waals surface area (Å²) >= 11 is 0. The number of rotatable bonds is 5. The maximum absolute atomic E-state index is 5.95. The zero-order valence-corrected chi connectivity index (χ0v) is 13.8. The minimum atomic E-state index is -0.0920. The van der Waals surface area contributed by atoms with Gasteiger partial charge in [-0.05, 0) is 38.5 Å². The molecule has 1 N–H and O–H groups in total. The van der Waals surface area contributed by atoms with Crippen molar-refractivity contribution in [1.82, 2.24) is 25.5 Å². The molecule has 2 heterocycles. The second kappa shape index (κ2) is 6.64. The van der Waals surface area contributed by atoms with Crippen molar-refractivity contribution >= 4 is 0 Å². The molecule has 7 heteroatoms. The van der Waals surface area contributed by atoms with E-state index in [4.69, 9.17) is 9.47 Å². The lowest BCUT2D eigenvalue weighted by Gasteiger charge is -2.41. The molecule has 0 saturated carbocycles. The number of benzene rings is 1. The first kappa shape index (κ1) is 15.9. The van der Waals surface area contributed by atoms with E-state index in [1.807, 2.05) is 12.1 Å². The van der Waals surface area contributed by atoms with Gasteiger partial charge in [0.15, 0.2) is 6.61 Å². The minimum Gasteiger partial charge on any atom is -0.485 e. The van der Waals surface area contributed by atoms with Gasteiger partial charge in [0, 0.05) is 19.6 Å². The fourth-order valence-electron chi connectivity index (χ4n) is 3.05. The molecule has 0 aliphatic carbocycles. The first-order valence-electron chi connectivity index (χ1n) is 7.84. The topological polar surface area (TPSA) is 76.2 Å². The van der Waals surface area contributed by atoms with Gasteiger partial charge in [0.05, 0.1) is 11.7 Å². The number of nitrogens with zero attached hydrogens (tertiary/aromatic N) is 4. The molecule has 0 amide bonds. The Morgan fingerprint density at radius 1 is 1.35 bits per heavy atom. The van der Waals surface area contributed by atoms with Crippen LogP contribution in [0.4, 0.5) is 0 Å². The minimum absolute atomic E-state index is 0.0920. The Hall–Kier alpha value is -1.99. The van der Waals surface area contributed by atoms with Crippen LogP contribution < -0.4 is 4.74 Å². The van der Waals surface area contributed by atoms with E-state index in [1.54, 1.807) is 0 Å². The SMILES string of the molecule is C[C@@H]1CN(Cc2ccc(OCc3nn[nH]n3)cc2)CC(C)(C)O1. The number of tetrazole rings is 1. The van der Waals surface area contributed by atoms with Crippen molar-refractivity contribution in [2.45, 2.75) is 45.6 Å². The molecule has 124 valence electrons. The number of morpholine rings is 1. The molecule has 1 aromatic heterocycles. The summed E-state index contributed by atoms with van der Waals surface area (Å²) in [6.07, 6.45) is 0.260. The molecular formula is C16H23N5O2. The fraction of sp³-hybridized carbons (Fsp3) is 0.562. The molecule has 2 aromatic rings. The van der Waals surface area contributed by atoms with E-state index in [0.29, 0.717) is 12.4 Å². The van der Waals surface area contributed by atoms with Crippen molar-refractivity contribution in [3.63, 3.8) is 0 Å². The molecule has 1 aliphatic rings. The second-order valence-corrected chi connectivity index (χ2v) is 6.62. The van der Waals surface area contributed by atoms with Gasteiger partial charge in [0.25, 0.3) is 0 Å². The predicted molar refractivity (Wildman–Crippen MR) is 84.9 cm³/mol. The Labute approximate surface area is 136 Å². The third kappa shape index (κ3) is 4.49. The highest BCUT2D eigenvalue weighted by atomic mass is 16.5. The summed E-state index contributed by atoms with van der Waals surface area (Å²) in [4.78, 5) is 2.43. The van der Waals surface area contributed by atoms with Crippen LogP contribution in [0.25, 0.3) is 0 Å². The molecular weight excluding hydrogens is 294 g/mol. The lowest BCUT2D eigenvalue weighted by Crippen LogP contribution is -2.51. The van der Waals surface area contributed by atoms with Gasteiger partial charge in [-0.2, -0.15) is 5.21 Å². The standard InChI is InChI=1S/C16H23N5O2/c1-12-8-21(11-16(2,3)23-12)9-13-4-6-14(7-5-13)22-10-15-17-19-20-18-15/h4-7,12H,8-11H2,1-3H3,(H,17,18,19,20)/t12-/m1/s1. The number of aromatic amines is 1. The number of aromatic nitrogens is 4. The highest BCUT2D eigenvalue weighted by molar-refractivity contribution is 5.27. The molecule has 0 spiro atoms. The van der Waals surface area contributed by atoms with Gasteiger partial charge < -0.3 is 9.47 Å². The molecule has 1 saturated heterocycles. The van der Waals surface area contributed by atoms with Gasteiger partial charge in [-0.1, -0.05) is 17.3 Å². The third-order valence-electron chi connectivity index (χ3n) is 3.73. The average Bonchev–Trinajstić information content (AvgIpc) is 2.97. The molecule has 1 atom stereocenters. The zero-order chi connectivity index (χ0) is 16.3. The van der Waals surface area contributed by atoms with E-state index in [0.717, 1.165) is 25.4 Å². The van der Waals surface area contributed by atoms with Crippen molar-refractivity contribution in [2.75, 3.05) is 13.1 Å². The summed E-state index contributed by atoms with van der Waals surface area (Å²) in [7, 11) is 0. The Kier molecular flexibility index (Phi) is 4.58. The highest BCUT2D eigenvalue weighted by Gasteiger charge is 2.31. The van der Waals surface area contributed by atoms with Crippen LogP contribution in [0.2, 0.25) is 0 Å². The van der Waals surface area contributed by atoms with Crippen molar-refractivity contribution in [3.8, 4) is 5.75 Å². The quantitative estimate of drug-likeness (QED) is 0.906. The Bertz CT molecular complexity index is 612. The monoisotopic (exact) mass is 317 g/mol. The van der Waals surface area contributed by atoms with Crippen molar-refractivity contribution in [2.24, 2.45) is 0 Å². The Morgan fingerprint density at radius 2 is 2.13 bits per heavy atom. The molecule has 1 aliphatic heterocycles. The molecule has 1 aromatic carbocycles. The smallest absolute Gasteiger partial charge is 0.211 e. The van der Waals surface area contributed by atoms with Crippen LogP contribution in [0.5, 0.6) is 5.75 Å². The summed E-state index contributed by atoms with van der Waals surface area (Å²) in [6, 6.07) is 8.15. The summed E-state index contributed by atoms with van der Waals surface area (Å²) in [5.41, 5.74) is 1.17. The normalized spacial score (nSPS) is 21.3. The lowest BCUT2D eigenvalue weighted by molar-refractivity contribution is -0.130. The number of H-pyrrole nitrogens is 1. The van der Waals surface area contributed by atoms with Crippen molar-refractivity contribution in [1.29, 1.82) is 0 Å². The lowest BCUT2D eigenvalue weighted by atomic mass is 10.0. The molecule has 0 radical (unpaired) electrons. The van der Waals surface area contributed by atoms with E-state index in [9.17, 15) is 0 Å². The van der Waals surface area contributed by atoms with Gasteiger partial charge >= 0.3 is 0 Å². The van der Waals surface area contributed by atoms with Crippen molar-refractivity contribution in [3.05, 3.63) is 35.7 Å². The van der Waals surface area contributed by atoms with Gasteiger partial charge in [-0.25, -0.2) is 0 Å². The third-order valence-corrected chi connectivity index (χ3v) is 3.73. The van der Waals surface area contributed by atoms with Crippen LogP contribution >= 0.6 is 0 Å². The number of ether oxygens (including phenoxy) is 2. The van der Waals surface area contributed by atoms with E-state index >= 15 is 0 Å². The van der Waals surface area contributed by atoms with Crippen molar-refractivity contribution < 1.29 is 9.47 Å². The van der Waals surface area contributed by atoms with Gasteiger partial charge in [0.1, 0.15) is 5.75 Å². The van der Waals surface area contributed by atoms with Crippen LogP contribution in [-0.4, -0.2) is 50.3 Å². The fourth-order valence-corrected chi connectivity index (χ4v) is 3.05. The number of hydrogen-bond donors (Lipinski definition) is 1. The predicted octanol–water partition coefficient (Wildman–Crippen LogP) is 1.78. The second-order valence-electron chi connectivity index (χ2n) is 6.62. The maximum atomic E-state index is 5.95. The number of hydrogen-bond acceptors (Lipinski definition) is 6. The summed E-state index contributed by atoms with van der Waals surface area (Å²) in [5.74, 6) is 1.34. The van der Waals surface area contributed by atoms with Gasteiger partial charge in [-0.3, -0.25) is 4.90 Å². The molecule has 23 heavy (non-hydrogen) atoms. The van der Waals surface area contributed by atoms with E-state index in [1.165, 1.54) is 5.56 Å². The molecule has 0 unspecified atom stereocenters.